The van der Waals surface area contributed by atoms with Gasteiger partial charge in [-0.1, -0.05) is 51.5 Å². The molecule has 2 amide bonds. The van der Waals surface area contributed by atoms with E-state index >= 15 is 0 Å². The Bertz CT molecular complexity index is 597. The van der Waals surface area contributed by atoms with Gasteiger partial charge in [-0.3, -0.25) is 9.59 Å². The molecule has 1 aromatic rings. The van der Waals surface area contributed by atoms with Crippen LogP contribution in [0.1, 0.15) is 58.1 Å². The molecule has 1 heterocycles. The van der Waals surface area contributed by atoms with E-state index in [2.05, 4.69) is 57.3 Å². The van der Waals surface area contributed by atoms with Crippen molar-refractivity contribution in [2.75, 3.05) is 13.1 Å². The molecule has 1 N–H and O–H groups in total. The minimum atomic E-state index is 0.119. The van der Waals surface area contributed by atoms with E-state index in [1.54, 1.807) is 0 Å². The van der Waals surface area contributed by atoms with Gasteiger partial charge in [0.1, 0.15) is 0 Å². The smallest absolute Gasteiger partial charge is 0.226 e. The number of hydrogen-bond acceptors (Lipinski definition) is 2. The first-order chi connectivity index (χ1) is 12.4. The van der Waals surface area contributed by atoms with E-state index in [1.165, 1.54) is 5.56 Å². The molecule has 4 nitrogen and oxygen atoms in total. The zero-order valence-electron chi connectivity index (χ0n) is 16.8. The van der Waals surface area contributed by atoms with E-state index in [9.17, 15) is 9.59 Å². The Morgan fingerprint density at radius 1 is 1.15 bits per heavy atom. The first-order valence-corrected chi connectivity index (χ1v) is 10.1. The van der Waals surface area contributed by atoms with Crippen LogP contribution < -0.4 is 5.32 Å². The summed E-state index contributed by atoms with van der Waals surface area (Å²) < 4.78 is 0. The summed E-state index contributed by atoms with van der Waals surface area (Å²) in [6.45, 7) is 9.95. The van der Waals surface area contributed by atoms with E-state index in [1.807, 2.05) is 4.90 Å². The Balaban J connectivity index is 1.80. The maximum absolute atomic E-state index is 12.6. The quantitative estimate of drug-likeness (QED) is 0.772. The molecular weight excluding hydrogens is 324 g/mol. The molecule has 144 valence electrons. The van der Waals surface area contributed by atoms with E-state index in [-0.39, 0.29) is 17.9 Å². The number of nitrogens with zero attached hydrogens (tertiary/aromatic N) is 1. The average Bonchev–Trinajstić information content (AvgIpc) is 3.12. The third-order valence-electron chi connectivity index (χ3n) is 5.69. The number of carbonyl (C=O) groups excluding carboxylic acids is 2. The van der Waals surface area contributed by atoms with Crippen molar-refractivity contribution < 1.29 is 9.59 Å². The van der Waals surface area contributed by atoms with E-state index < -0.39 is 0 Å². The van der Waals surface area contributed by atoms with Crippen LogP contribution in [0.5, 0.6) is 0 Å². The zero-order valence-corrected chi connectivity index (χ0v) is 16.8. The Kier molecular flexibility index (Phi) is 7.67. The van der Waals surface area contributed by atoms with Crippen LogP contribution in [0.25, 0.3) is 0 Å². The molecule has 1 aliphatic rings. The summed E-state index contributed by atoms with van der Waals surface area (Å²) in [4.78, 5) is 26.6. The summed E-state index contributed by atoms with van der Waals surface area (Å²) in [5.41, 5.74) is 2.37. The second-order valence-corrected chi connectivity index (χ2v) is 7.81. The third kappa shape index (κ3) is 5.86. The molecule has 3 atom stereocenters. The number of likely N-dealkylation sites (tertiary alicyclic amines) is 1. The van der Waals surface area contributed by atoms with Gasteiger partial charge < -0.3 is 10.2 Å². The minimum absolute atomic E-state index is 0.119. The Morgan fingerprint density at radius 3 is 2.42 bits per heavy atom. The lowest BCUT2D eigenvalue weighted by molar-refractivity contribution is -0.129. The molecule has 1 aromatic carbocycles. The van der Waals surface area contributed by atoms with Crippen molar-refractivity contribution in [2.45, 2.75) is 65.8 Å². The zero-order chi connectivity index (χ0) is 19.1. The molecule has 4 heteroatoms. The predicted molar refractivity (Wildman–Crippen MR) is 106 cm³/mol. The summed E-state index contributed by atoms with van der Waals surface area (Å²) in [7, 11) is 0. The van der Waals surface area contributed by atoms with Crippen molar-refractivity contribution in [1.82, 2.24) is 10.2 Å². The van der Waals surface area contributed by atoms with E-state index in [0.29, 0.717) is 24.7 Å². The number of nitrogens with one attached hydrogen (secondary N) is 1. The van der Waals surface area contributed by atoms with Gasteiger partial charge in [0.15, 0.2) is 0 Å². The monoisotopic (exact) mass is 358 g/mol. The van der Waals surface area contributed by atoms with Crippen molar-refractivity contribution in [1.29, 1.82) is 0 Å². The predicted octanol–water partition coefficient (Wildman–Crippen LogP) is 3.58. The lowest BCUT2D eigenvalue weighted by Gasteiger charge is -2.22. The summed E-state index contributed by atoms with van der Waals surface area (Å²) in [6, 6.07) is 8.44. The highest BCUT2D eigenvalue weighted by Crippen LogP contribution is 2.21. The average molecular weight is 359 g/mol. The van der Waals surface area contributed by atoms with Crippen LogP contribution in [0.4, 0.5) is 0 Å². The van der Waals surface area contributed by atoms with Gasteiger partial charge in [0.2, 0.25) is 11.8 Å². The van der Waals surface area contributed by atoms with Gasteiger partial charge in [-0.25, -0.2) is 0 Å². The molecule has 0 radical (unpaired) electrons. The lowest BCUT2D eigenvalue weighted by Crippen LogP contribution is -2.40. The van der Waals surface area contributed by atoms with Crippen LogP contribution in [0.3, 0.4) is 0 Å². The number of aryl methyl sites for hydroxylation is 1. The summed E-state index contributed by atoms with van der Waals surface area (Å²) in [5.74, 6) is 1.09. The van der Waals surface area contributed by atoms with Crippen LogP contribution in [0.15, 0.2) is 24.3 Å². The van der Waals surface area contributed by atoms with Crippen molar-refractivity contribution in [2.24, 2.45) is 11.8 Å². The second-order valence-electron chi connectivity index (χ2n) is 7.81. The molecule has 2 rings (SSSR count). The first kappa shape index (κ1) is 20.5. The Hall–Kier alpha value is -1.84. The van der Waals surface area contributed by atoms with E-state index in [4.69, 9.17) is 0 Å². The maximum atomic E-state index is 12.6. The van der Waals surface area contributed by atoms with Gasteiger partial charge in [0.05, 0.1) is 6.42 Å². The van der Waals surface area contributed by atoms with Crippen molar-refractivity contribution >= 4 is 11.8 Å². The largest absolute Gasteiger partial charge is 0.353 e. The van der Waals surface area contributed by atoms with Gasteiger partial charge in [0, 0.05) is 25.6 Å². The fourth-order valence-electron chi connectivity index (χ4n) is 3.49. The molecular formula is C22H34N2O2. The highest BCUT2D eigenvalue weighted by atomic mass is 16.2. The minimum Gasteiger partial charge on any atom is -0.353 e. The molecule has 0 aromatic heterocycles. The SMILES string of the molecule is CCc1ccc(CC(=O)N2CCC(C(C)NC(=O)CC(C)CC)C2)cc1. The molecule has 0 saturated carbocycles. The summed E-state index contributed by atoms with van der Waals surface area (Å²) in [6.07, 6.45) is 4.05. The topological polar surface area (TPSA) is 49.4 Å². The van der Waals surface area contributed by atoms with Crippen LogP contribution in [0.2, 0.25) is 0 Å². The van der Waals surface area contributed by atoms with Crippen LogP contribution in [-0.4, -0.2) is 35.8 Å². The number of benzene rings is 1. The van der Waals surface area contributed by atoms with Crippen LogP contribution in [0, 0.1) is 11.8 Å². The first-order valence-electron chi connectivity index (χ1n) is 10.1. The van der Waals surface area contributed by atoms with Crippen molar-refractivity contribution in [3.05, 3.63) is 35.4 Å². The molecule has 26 heavy (non-hydrogen) atoms. The number of amides is 2. The molecule has 1 saturated heterocycles. The van der Waals surface area contributed by atoms with Crippen molar-refractivity contribution in [3.8, 4) is 0 Å². The molecule has 3 unspecified atom stereocenters. The molecule has 0 aliphatic carbocycles. The fraction of sp³-hybridized carbons (Fsp3) is 0.636. The summed E-state index contributed by atoms with van der Waals surface area (Å²) in [5, 5.41) is 3.13. The standard InChI is InChI=1S/C22H34N2O2/c1-5-16(3)13-21(25)23-17(4)20-11-12-24(15-20)22(26)14-19-9-7-18(6-2)8-10-19/h7-10,16-17,20H,5-6,11-15H2,1-4H3,(H,23,25). The van der Waals surface area contributed by atoms with Gasteiger partial charge in [0.25, 0.3) is 0 Å². The Morgan fingerprint density at radius 2 is 1.81 bits per heavy atom. The highest BCUT2D eigenvalue weighted by molar-refractivity contribution is 5.79. The van der Waals surface area contributed by atoms with E-state index in [0.717, 1.165) is 37.9 Å². The normalized spacial score (nSPS) is 19.2. The van der Waals surface area contributed by atoms with Crippen molar-refractivity contribution in [3.63, 3.8) is 0 Å². The third-order valence-corrected chi connectivity index (χ3v) is 5.69. The molecule has 0 bridgehead atoms. The Labute approximate surface area is 158 Å². The number of carbonyl (C=O) groups is 2. The van der Waals surface area contributed by atoms with Gasteiger partial charge in [-0.05, 0) is 42.7 Å². The fourth-order valence-corrected chi connectivity index (χ4v) is 3.49. The molecule has 1 fully saturated rings. The molecule has 0 spiro atoms. The molecule has 1 aliphatic heterocycles. The van der Waals surface area contributed by atoms with Crippen LogP contribution >= 0.6 is 0 Å². The van der Waals surface area contributed by atoms with Gasteiger partial charge in [-0.2, -0.15) is 0 Å². The summed E-state index contributed by atoms with van der Waals surface area (Å²) >= 11 is 0. The lowest BCUT2D eigenvalue weighted by atomic mass is 9.99. The van der Waals surface area contributed by atoms with Gasteiger partial charge >= 0.3 is 0 Å². The van der Waals surface area contributed by atoms with Crippen LogP contribution in [-0.2, 0) is 22.4 Å². The van der Waals surface area contributed by atoms with Gasteiger partial charge in [-0.15, -0.1) is 0 Å². The maximum Gasteiger partial charge on any atom is 0.226 e. The number of hydrogen-bond donors (Lipinski definition) is 1. The number of rotatable bonds is 8. The highest BCUT2D eigenvalue weighted by Gasteiger charge is 2.30. The second kappa shape index (κ2) is 9.75.